The van der Waals surface area contributed by atoms with Gasteiger partial charge in [-0.05, 0) is 24.5 Å². The monoisotopic (exact) mass is 434 g/mol. The topological polar surface area (TPSA) is 62.2 Å². The van der Waals surface area contributed by atoms with Gasteiger partial charge in [-0.15, -0.1) is 11.3 Å². The molecule has 0 aliphatic heterocycles. The van der Waals surface area contributed by atoms with Crippen molar-refractivity contribution in [1.82, 2.24) is 10.3 Å². The number of nitrogens with zero attached hydrogens (tertiary/aromatic N) is 1. The molecule has 30 heavy (non-hydrogen) atoms. The van der Waals surface area contributed by atoms with Crippen LogP contribution in [-0.4, -0.2) is 22.2 Å². The molecule has 2 aromatic carbocycles. The molecule has 3 aromatic rings. The van der Waals surface area contributed by atoms with Crippen molar-refractivity contribution in [2.24, 2.45) is 0 Å². The number of benzene rings is 2. The number of amides is 1. The first-order chi connectivity index (χ1) is 14.2. The van der Waals surface area contributed by atoms with E-state index < -0.39 is 35.2 Å². The van der Waals surface area contributed by atoms with Gasteiger partial charge in [-0.1, -0.05) is 60.7 Å². The second-order valence-corrected chi connectivity index (χ2v) is 7.91. The van der Waals surface area contributed by atoms with E-state index in [1.807, 2.05) is 36.4 Å². The fourth-order valence-corrected chi connectivity index (χ4v) is 4.02. The summed E-state index contributed by atoms with van der Waals surface area (Å²) < 4.78 is 41.1. The maximum atomic E-state index is 13.7. The fraction of sp³-hybridized carbons (Fsp3) is 0.273. The Balaban J connectivity index is 1.84. The first-order valence-corrected chi connectivity index (χ1v) is 10.2. The van der Waals surface area contributed by atoms with Crippen LogP contribution in [0.2, 0.25) is 0 Å². The van der Waals surface area contributed by atoms with Crippen LogP contribution in [-0.2, 0) is 16.8 Å². The van der Waals surface area contributed by atoms with Gasteiger partial charge in [0.25, 0.3) is 0 Å². The van der Waals surface area contributed by atoms with Crippen molar-refractivity contribution in [2.45, 2.75) is 37.6 Å². The minimum Gasteiger partial charge on any atom is -0.374 e. The number of nitrogens with one attached hydrogen (secondary N) is 1. The van der Waals surface area contributed by atoms with E-state index >= 15 is 0 Å². The summed E-state index contributed by atoms with van der Waals surface area (Å²) >= 11 is 0.682. The maximum Gasteiger partial charge on any atom is 0.424 e. The van der Waals surface area contributed by atoms with E-state index in [2.05, 4.69) is 10.3 Å². The number of aromatic nitrogens is 1. The van der Waals surface area contributed by atoms with Crippen LogP contribution in [0.15, 0.2) is 66.0 Å². The van der Waals surface area contributed by atoms with Gasteiger partial charge >= 0.3 is 6.18 Å². The van der Waals surface area contributed by atoms with Crippen LogP contribution >= 0.6 is 11.3 Å². The molecule has 2 N–H and O–H groups in total. The van der Waals surface area contributed by atoms with Gasteiger partial charge in [0.1, 0.15) is 5.01 Å². The van der Waals surface area contributed by atoms with Gasteiger partial charge in [-0.2, -0.15) is 13.2 Å². The molecule has 158 valence electrons. The maximum absolute atomic E-state index is 13.7. The molecule has 4 nitrogen and oxygen atoms in total. The molecular weight excluding hydrogens is 413 g/mol. The molecule has 3 rings (SSSR count). The number of rotatable bonds is 7. The molecule has 0 saturated carbocycles. The summed E-state index contributed by atoms with van der Waals surface area (Å²) in [6.45, 7) is 1.53. The Bertz CT molecular complexity index is 977. The van der Waals surface area contributed by atoms with Crippen molar-refractivity contribution in [3.63, 3.8) is 0 Å². The Labute approximate surface area is 176 Å². The lowest BCUT2D eigenvalue weighted by molar-refractivity contribution is -0.267. The van der Waals surface area contributed by atoms with E-state index in [9.17, 15) is 23.1 Å². The zero-order valence-electron chi connectivity index (χ0n) is 16.2. The molecule has 0 fully saturated rings. The average molecular weight is 434 g/mol. The summed E-state index contributed by atoms with van der Waals surface area (Å²) in [5.41, 5.74) is -1.31. The summed E-state index contributed by atoms with van der Waals surface area (Å²) in [6.07, 6.45) is -5.81. The number of carbonyl (C=O) groups excluding carboxylic acids is 1. The van der Waals surface area contributed by atoms with Gasteiger partial charge < -0.3 is 10.4 Å². The Kier molecular flexibility index (Phi) is 6.58. The van der Waals surface area contributed by atoms with Gasteiger partial charge in [0.05, 0.1) is 12.5 Å². The summed E-state index contributed by atoms with van der Waals surface area (Å²) in [7, 11) is 0. The predicted octanol–water partition coefficient (Wildman–Crippen LogP) is 4.69. The van der Waals surface area contributed by atoms with Crippen molar-refractivity contribution in [3.05, 3.63) is 87.9 Å². The number of hydrogen-bond acceptors (Lipinski definition) is 4. The lowest BCUT2D eigenvalue weighted by Crippen LogP contribution is -2.46. The van der Waals surface area contributed by atoms with Gasteiger partial charge in [-0.3, -0.25) is 4.79 Å². The second-order valence-electron chi connectivity index (χ2n) is 7.05. The molecular formula is C22H21F3N2O2S. The molecule has 0 aliphatic rings. The zero-order valence-corrected chi connectivity index (χ0v) is 17.0. The highest BCUT2D eigenvalue weighted by Gasteiger charge is 2.58. The number of carbonyl (C=O) groups is 1. The highest BCUT2D eigenvalue weighted by atomic mass is 32.1. The van der Waals surface area contributed by atoms with E-state index in [4.69, 9.17) is 0 Å². The normalized spacial score (nSPS) is 14.7. The van der Waals surface area contributed by atoms with Gasteiger partial charge in [0, 0.05) is 11.1 Å². The zero-order chi connectivity index (χ0) is 21.8. The summed E-state index contributed by atoms with van der Waals surface area (Å²) in [5.74, 6) is -0.910. The molecule has 0 saturated heterocycles. The van der Waals surface area contributed by atoms with E-state index in [0.29, 0.717) is 23.5 Å². The van der Waals surface area contributed by atoms with Gasteiger partial charge in [0.2, 0.25) is 11.5 Å². The van der Waals surface area contributed by atoms with Crippen LogP contribution in [0.1, 0.15) is 34.3 Å². The van der Waals surface area contributed by atoms with Crippen LogP contribution in [0.25, 0.3) is 0 Å². The molecule has 8 heteroatoms. The number of halogens is 3. The smallest absolute Gasteiger partial charge is 0.374 e. The first-order valence-electron chi connectivity index (χ1n) is 9.29. The standard InChI is InChI=1S/C22H21F3N2O2S/c1-15-14-30-20(26-15)21(29,22(23,24)25)13-19(28)27-18(17-10-6-3-7-11-17)12-16-8-4-2-5-9-16/h2-11,14,18,29H,12-13H2,1H3,(H,27,28)/t18-,21-/m1/s1. The number of aliphatic hydroxyl groups is 1. The van der Waals surface area contributed by atoms with Crippen molar-refractivity contribution >= 4 is 17.2 Å². The summed E-state index contributed by atoms with van der Waals surface area (Å²) in [4.78, 5) is 16.4. The van der Waals surface area contributed by atoms with Crippen molar-refractivity contribution in [1.29, 1.82) is 0 Å². The van der Waals surface area contributed by atoms with E-state index in [0.717, 1.165) is 11.1 Å². The fourth-order valence-electron chi connectivity index (χ4n) is 3.11. The molecule has 1 amide bonds. The van der Waals surface area contributed by atoms with Crippen LogP contribution in [0, 0.1) is 6.92 Å². The third-order valence-electron chi connectivity index (χ3n) is 4.68. The minimum absolute atomic E-state index is 0.351. The SMILES string of the molecule is Cc1csc([C@](O)(CC(=O)N[C@H](Cc2ccccc2)c2ccccc2)C(F)(F)F)n1. The lowest BCUT2D eigenvalue weighted by atomic mass is 9.96. The van der Waals surface area contributed by atoms with Crippen molar-refractivity contribution < 1.29 is 23.1 Å². The summed E-state index contributed by atoms with van der Waals surface area (Å²) in [6, 6.07) is 17.8. The Morgan fingerprint density at radius 1 is 1.10 bits per heavy atom. The molecule has 0 radical (unpaired) electrons. The highest BCUT2D eigenvalue weighted by Crippen LogP contribution is 2.43. The van der Waals surface area contributed by atoms with Crippen LogP contribution < -0.4 is 5.32 Å². The number of hydrogen-bond donors (Lipinski definition) is 2. The number of alkyl halides is 3. The van der Waals surface area contributed by atoms with E-state index in [-0.39, 0.29) is 0 Å². The van der Waals surface area contributed by atoms with E-state index in [1.165, 1.54) is 12.3 Å². The molecule has 0 aliphatic carbocycles. The molecule has 0 bridgehead atoms. The molecule has 2 atom stereocenters. The summed E-state index contributed by atoms with van der Waals surface area (Å²) in [5, 5.41) is 14.0. The molecule has 1 heterocycles. The molecule has 0 spiro atoms. The Hall–Kier alpha value is -2.71. The number of aryl methyl sites for hydroxylation is 1. The van der Waals surface area contributed by atoms with Crippen molar-refractivity contribution in [3.8, 4) is 0 Å². The predicted molar refractivity (Wildman–Crippen MR) is 109 cm³/mol. The minimum atomic E-state index is -5.05. The highest BCUT2D eigenvalue weighted by molar-refractivity contribution is 7.09. The molecule has 1 aromatic heterocycles. The average Bonchev–Trinajstić information content (AvgIpc) is 3.15. The lowest BCUT2D eigenvalue weighted by Gasteiger charge is -2.29. The third kappa shape index (κ3) is 5.06. The third-order valence-corrected chi connectivity index (χ3v) is 5.79. The molecule has 0 unspecified atom stereocenters. The first kappa shape index (κ1) is 22.0. The van der Waals surface area contributed by atoms with Gasteiger partial charge in [0.15, 0.2) is 0 Å². The van der Waals surface area contributed by atoms with Crippen LogP contribution in [0.4, 0.5) is 13.2 Å². The van der Waals surface area contributed by atoms with Gasteiger partial charge in [-0.25, -0.2) is 4.98 Å². The van der Waals surface area contributed by atoms with E-state index in [1.54, 1.807) is 24.3 Å². The quantitative estimate of drug-likeness (QED) is 0.567. The number of thiazole rings is 1. The van der Waals surface area contributed by atoms with Crippen LogP contribution in [0.5, 0.6) is 0 Å². The Morgan fingerprint density at radius 2 is 1.70 bits per heavy atom. The largest absolute Gasteiger partial charge is 0.424 e. The van der Waals surface area contributed by atoms with Crippen molar-refractivity contribution in [2.75, 3.05) is 0 Å². The van der Waals surface area contributed by atoms with Crippen LogP contribution in [0.3, 0.4) is 0 Å². The second kappa shape index (κ2) is 8.97. The Morgan fingerprint density at radius 3 is 2.23 bits per heavy atom.